The van der Waals surface area contributed by atoms with E-state index in [4.69, 9.17) is 0 Å². The van der Waals surface area contributed by atoms with Crippen molar-refractivity contribution in [3.8, 4) is 0 Å². The molecular formula is C21H22N4O2S. The summed E-state index contributed by atoms with van der Waals surface area (Å²) in [5, 5.41) is 6.90. The molecule has 0 spiro atoms. The van der Waals surface area contributed by atoms with Gasteiger partial charge in [0, 0.05) is 24.5 Å². The smallest absolute Gasteiger partial charge is 0.321 e. The number of piperidine rings is 1. The van der Waals surface area contributed by atoms with Crippen LogP contribution >= 0.6 is 11.3 Å². The number of rotatable bonds is 3. The topological polar surface area (TPSA) is 74.3 Å². The molecule has 7 heteroatoms. The number of nitrogens with zero attached hydrogens (tertiary/aromatic N) is 2. The van der Waals surface area contributed by atoms with Gasteiger partial charge in [0.1, 0.15) is 0 Å². The Morgan fingerprint density at radius 2 is 1.93 bits per heavy atom. The summed E-state index contributed by atoms with van der Waals surface area (Å²) in [6.07, 6.45) is 1.59. The molecule has 1 atom stereocenters. The van der Waals surface area contributed by atoms with E-state index in [2.05, 4.69) is 15.6 Å². The molecule has 3 amide bonds. The molecule has 3 aromatic rings. The number of anilines is 2. The zero-order chi connectivity index (χ0) is 19.5. The summed E-state index contributed by atoms with van der Waals surface area (Å²) in [6, 6.07) is 15.0. The Labute approximate surface area is 167 Å². The van der Waals surface area contributed by atoms with E-state index < -0.39 is 0 Å². The summed E-state index contributed by atoms with van der Waals surface area (Å²) in [6.45, 7) is 3.06. The highest BCUT2D eigenvalue weighted by atomic mass is 32.1. The number of benzene rings is 2. The maximum absolute atomic E-state index is 12.8. The molecule has 1 aromatic heterocycles. The number of likely N-dealkylation sites (tertiary alicyclic amines) is 1. The van der Waals surface area contributed by atoms with Gasteiger partial charge in [0.2, 0.25) is 5.91 Å². The second-order valence-electron chi connectivity index (χ2n) is 6.99. The third-order valence-electron chi connectivity index (χ3n) is 4.87. The zero-order valence-electron chi connectivity index (χ0n) is 15.6. The van der Waals surface area contributed by atoms with Crippen LogP contribution in [0.15, 0.2) is 48.5 Å². The highest BCUT2D eigenvalue weighted by molar-refractivity contribution is 7.18. The number of thiazole rings is 1. The first-order chi connectivity index (χ1) is 13.6. The SMILES string of the molecule is Cc1nc2ccc(NC(=O)[C@H]3CCCN(C(=O)Nc4ccccc4)C3)cc2s1. The molecule has 2 aromatic carbocycles. The number of nitrogens with one attached hydrogen (secondary N) is 2. The van der Waals surface area contributed by atoms with E-state index in [1.807, 2.05) is 55.5 Å². The van der Waals surface area contributed by atoms with Gasteiger partial charge < -0.3 is 15.5 Å². The molecule has 1 aliphatic rings. The van der Waals surface area contributed by atoms with Crippen molar-refractivity contribution >= 4 is 44.9 Å². The van der Waals surface area contributed by atoms with E-state index in [0.717, 1.165) is 39.4 Å². The number of fused-ring (bicyclic) bond motifs is 1. The molecule has 0 aliphatic carbocycles. The first-order valence-electron chi connectivity index (χ1n) is 9.37. The van der Waals surface area contributed by atoms with Gasteiger partial charge in [-0.25, -0.2) is 9.78 Å². The van der Waals surface area contributed by atoms with Gasteiger partial charge in [0.25, 0.3) is 0 Å². The largest absolute Gasteiger partial charge is 0.326 e. The van der Waals surface area contributed by atoms with Crippen molar-refractivity contribution in [1.29, 1.82) is 0 Å². The van der Waals surface area contributed by atoms with Crippen molar-refractivity contribution < 1.29 is 9.59 Å². The third-order valence-corrected chi connectivity index (χ3v) is 5.80. The molecule has 0 saturated carbocycles. The highest BCUT2D eigenvalue weighted by Crippen LogP contribution is 2.26. The maximum Gasteiger partial charge on any atom is 0.321 e. The number of amides is 3. The lowest BCUT2D eigenvalue weighted by atomic mass is 9.97. The number of hydrogen-bond acceptors (Lipinski definition) is 4. The van der Waals surface area contributed by atoms with Gasteiger partial charge in [-0.1, -0.05) is 18.2 Å². The number of hydrogen-bond donors (Lipinski definition) is 2. The van der Waals surface area contributed by atoms with Crippen LogP contribution in [0.1, 0.15) is 17.8 Å². The quantitative estimate of drug-likeness (QED) is 0.687. The van der Waals surface area contributed by atoms with Crippen LogP contribution in [-0.2, 0) is 4.79 Å². The Morgan fingerprint density at radius 1 is 1.11 bits per heavy atom. The second-order valence-corrected chi connectivity index (χ2v) is 8.22. The van der Waals surface area contributed by atoms with Crippen molar-refractivity contribution in [3.05, 3.63) is 53.5 Å². The third kappa shape index (κ3) is 4.14. The van der Waals surface area contributed by atoms with Crippen LogP contribution in [0.4, 0.5) is 16.2 Å². The molecule has 4 rings (SSSR count). The number of carbonyl (C=O) groups is 2. The minimum atomic E-state index is -0.214. The standard InChI is InChI=1S/C21H22N4O2S/c1-14-22-18-10-9-17(12-19(18)28-14)23-20(26)15-6-5-11-25(13-15)21(27)24-16-7-3-2-4-8-16/h2-4,7-10,12,15H,5-6,11,13H2,1H3,(H,23,26)(H,24,27)/t15-/m0/s1. The molecule has 28 heavy (non-hydrogen) atoms. The first kappa shape index (κ1) is 18.4. The molecule has 1 aliphatic heterocycles. The maximum atomic E-state index is 12.8. The lowest BCUT2D eigenvalue weighted by Crippen LogP contribution is -2.45. The lowest BCUT2D eigenvalue weighted by Gasteiger charge is -2.32. The first-order valence-corrected chi connectivity index (χ1v) is 10.2. The van der Waals surface area contributed by atoms with Crippen LogP contribution in [0, 0.1) is 12.8 Å². The zero-order valence-corrected chi connectivity index (χ0v) is 16.5. The van der Waals surface area contributed by atoms with Crippen LogP contribution in [0.5, 0.6) is 0 Å². The van der Waals surface area contributed by atoms with Crippen LogP contribution in [-0.4, -0.2) is 34.9 Å². The fourth-order valence-electron chi connectivity index (χ4n) is 3.46. The predicted molar refractivity (Wildman–Crippen MR) is 113 cm³/mol. The van der Waals surface area contributed by atoms with Gasteiger partial charge in [0.05, 0.1) is 21.1 Å². The summed E-state index contributed by atoms with van der Waals surface area (Å²) in [5.74, 6) is -0.257. The average molecular weight is 395 g/mol. The minimum Gasteiger partial charge on any atom is -0.326 e. The van der Waals surface area contributed by atoms with E-state index in [1.54, 1.807) is 16.2 Å². The molecule has 2 N–H and O–H groups in total. The van der Waals surface area contributed by atoms with Crippen LogP contribution in [0.25, 0.3) is 10.2 Å². The van der Waals surface area contributed by atoms with Crippen LogP contribution in [0.3, 0.4) is 0 Å². The van der Waals surface area contributed by atoms with Crippen molar-refractivity contribution in [3.63, 3.8) is 0 Å². The Balaban J connectivity index is 1.39. The van der Waals surface area contributed by atoms with Crippen molar-refractivity contribution in [2.45, 2.75) is 19.8 Å². The van der Waals surface area contributed by atoms with Crippen molar-refractivity contribution in [2.75, 3.05) is 23.7 Å². The summed E-state index contributed by atoms with van der Waals surface area (Å²) < 4.78 is 1.06. The normalized spacial score (nSPS) is 16.8. The Morgan fingerprint density at radius 3 is 2.75 bits per heavy atom. The molecule has 6 nitrogen and oxygen atoms in total. The predicted octanol–water partition coefficient (Wildman–Crippen LogP) is 4.49. The molecule has 1 saturated heterocycles. The Kier molecular flexibility index (Phi) is 5.25. The summed E-state index contributed by atoms with van der Waals surface area (Å²) >= 11 is 1.61. The van der Waals surface area contributed by atoms with Gasteiger partial charge in [-0.05, 0) is 50.1 Å². The molecule has 0 bridgehead atoms. The monoisotopic (exact) mass is 394 g/mol. The minimum absolute atomic E-state index is 0.0437. The highest BCUT2D eigenvalue weighted by Gasteiger charge is 2.28. The number of urea groups is 1. The summed E-state index contributed by atoms with van der Waals surface area (Å²) in [7, 11) is 0. The molecule has 144 valence electrons. The number of aromatic nitrogens is 1. The van der Waals surface area contributed by atoms with Gasteiger partial charge in [-0.2, -0.15) is 0 Å². The van der Waals surface area contributed by atoms with E-state index >= 15 is 0 Å². The van der Waals surface area contributed by atoms with Crippen molar-refractivity contribution in [1.82, 2.24) is 9.88 Å². The fraction of sp³-hybridized carbons (Fsp3) is 0.286. The lowest BCUT2D eigenvalue weighted by molar-refractivity contribution is -0.121. The van der Waals surface area contributed by atoms with Gasteiger partial charge in [-0.3, -0.25) is 4.79 Å². The molecular weight excluding hydrogens is 372 g/mol. The molecule has 2 heterocycles. The molecule has 0 unspecified atom stereocenters. The second kappa shape index (κ2) is 7.98. The van der Waals surface area contributed by atoms with Crippen molar-refractivity contribution in [2.24, 2.45) is 5.92 Å². The number of para-hydroxylation sites is 1. The van der Waals surface area contributed by atoms with Crippen LogP contribution < -0.4 is 10.6 Å². The number of aryl methyl sites for hydroxylation is 1. The Bertz CT molecular complexity index is 1000. The fourth-order valence-corrected chi connectivity index (χ4v) is 4.33. The van der Waals surface area contributed by atoms with E-state index in [9.17, 15) is 9.59 Å². The Hall–Kier alpha value is -2.93. The number of carbonyl (C=O) groups excluding carboxylic acids is 2. The van der Waals surface area contributed by atoms with E-state index in [-0.39, 0.29) is 17.9 Å². The molecule has 0 radical (unpaired) electrons. The van der Waals surface area contributed by atoms with E-state index in [1.165, 1.54) is 0 Å². The van der Waals surface area contributed by atoms with E-state index in [0.29, 0.717) is 13.1 Å². The van der Waals surface area contributed by atoms with Gasteiger partial charge in [-0.15, -0.1) is 11.3 Å². The summed E-state index contributed by atoms with van der Waals surface area (Å²) in [4.78, 5) is 31.4. The average Bonchev–Trinajstić information content (AvgIpc) is 3.08. The van der Waals surface area contributed by atoms with Crippen LogP contribution in [0.2, 0.25) is 0 Å². The molecule has 1 fully saturated rings. The van der Waals surface area contributed by atoms with Gasteiger partial charge >= 0.3 is 6.03 Å². The summed E-state index contributed by atoms with van der Waals surface area (Å²) in [5.41, 5.74) is 2.47. The van der Waals surface area contributed by atoms with Gasteiger partial charge in [0.15, 0.2) is 0 Å².